The van der Waals surface area contributed by atoms with Gasteiger partial charge in [-0.15, -0.1) is 0 Å². The largest absolute Gasteiger partial charge is 0.361 e. The van der Waals surface area contributed by atoms with Crippen LogP contribution in [-0.2, 0) is 22.6 Å². The second-order valence-electron chi connectivity index (χ2n) is 8.71. The molecule has 1 heterocycles. The molecule has 3 aromatic rings. The van der Waals surface area contributed by atoms with Gasteiger partial charge in [-0.3, -0.25) is 9.59 Å². The first-order valence-electron chi connectivity index (χ1n) is 11.5. The van der Waals surface area contributed by atoms with Gasteiger partial charge in [0.15, 0.2) is 0 Å². The number of hydrogen-bond donors (Lipinski definition) is 1. The van der Waals surface area contributed by atoms with E-state index in [0.29, 0.717) is 36.1 Å². The Balaban J connectivity index is 1.52. The topological polar surface area (TPSA) is 56.4 Å². The number of benzene rings is 2. The van der Waals surface area contributed by atoms with Crippen LogP contribution < -0.4 is 0 Å². The first-order valence-corrected chi connectivity index (χ1v) is 12.3. The van der Waals surface area contributed by atoms with Crippen molar-refractivity contribution in [1.82, 2.24) is 14.8 Å². The Morgan fingerprint density at radius 3 is 2.55 bits per heavy atom. The van der Waals surface area contributed by atoms with Gasteiger partial charge >= 0.3 is 0 Å². The van der Waals surface area contributed by atoms with Crippen molar-refractivity contribution in [2.75, 3.05) is 19.6 Å². The van der Waals surface area contributed by atoms with Crippen molar-refractivity contribution in [2.45, 2.75) is 39.2 Å². The van der Waals surface area contributed by atoms with Crippen LogP contribution in [0, 0.1) is 5.92 Å². The molecule has 1 aliphatic carbocycles. The normalized spacial score (nSPS) is 13.3. The van der Waals surface area contributed by atoms with E-state index in [4.69, 9.17) is 23.2 Å². The number of para-hydroxylation sites is 1. The number of fused-ring (bicyclic) bond motifs is 1. The van der Waals surface area contributed by atoms with Crippen molar-refractivity contribution in [2.24, 2.45) is 5.92 Å². The molecule has 2 amide bonds. The molecular formula is C26H29Cl2N3O2. The summed E-state index contributed by atoms with van der Waals surface area (Å²) in [4.78, 5) is 33.0. The number of amides is 2. The molecule has 0 spiro atoms. The molecule has 1 fully saturated rings. The van der Waals surface area contributed by atoms with Gasteiger partial charge in [0, 0.05) is 42.7 Å². The number of aromatic amines is 1. The maximum atomic E-state index is 13.4. The molecule has 0 radical (unpaired) electrons. The van der Waals surface area contributed by atoms with Gasteiger partial charge in [0.1, 0.15) is 0 Å². The van der Waals surface area contributed by atoms with Gasteiger partial charge in [0.25, 0.3) is 0 Å². The van der Waals surface area contributed by atoms with Crippen LogP contribution >= 0.6 is 23.2 Å². The van der Waals surface area contributed by atoms with Crippen LogP contribution in [0.1, 0.15) is 37.3 Å². The fourth-order valence-corrected chi connectivity index (χ4v) is 4.45. The van der Waals surface area contributed by atoms with Crippen molar-refractivity contribution in [1.29, 1.82) is 0 Å². The Morgan fingerprint density at radius 2 is 1.82 bits per heavy atom. The molecule has 0 bridgehead atoms. The average molecular weight is 486 g/mol. The highest BCUT2D eigenvalue weighted by Crippen LogP contribution is 2.31. The Bertz CT molecular complexity index is 1140. The van der Waals surface area contributed by atoms with Crippen molar-refractivity contribution >= 4 is 45.9 Å². The monoisotopic (exact) mass is 485 g/mol. The maximum absolute atomic E-state index is 13.4. The summed E-state index contributed by atoms with van der Waals surface area (Å²) < 4.78 is 0. The van der Waals surface area contributed by atoms with E-state index in [1.807, 2.05) is 42.3 Å². The summed E-state index contributed by atoms with van der Waals surface area (Å²) in [6.45, 7) is 3.69. The van der Waals surface area contributed by atoms with Crippen molar-refractivity contribution in [3.63, 3.8) is 0 Å². The molecule has 33 heavy (non-hydrogen) atoms. The highest BCUT2D eigenvalue weighted by molar-refractivity contribution is 6.42. The quantitative estimate of drug-likeness (QED) is 0.400. The van der Waals surface area contributed by atoms with E-state index in [0.717, 1.165) is 41.3 Å². The third kappa shape index (κ3) is 5.90. The molecule has 1 N–H and O–H groups in total. The van der Waals surface area contributed by atoms with Gasteiger partial charge in [0.05, 0.1) is 16.6 Å². The van der Waals surface area contributed by atoms with E-state index in [1.54, 1.807) is 17.0 Å². The molecule has 2 aromatic carbocycles. The van der Waals surface area contributed by atoms with E-state index in [2.05, 4.69) is 11.1 Å². The van der Waals surface area contributed by atoms with Crippen molar-refractivity contribution in [3.8, 4) is 0 Å². The minimum absolute atomic E-state index is 0.0524. The lowest BCUT2D eigenvalue weighted by molar-refractivity contribution is -0.141. The molecule has 0 atom stereocenters. The summed E-state index contributed by atoms with van der Waals surface area (Å²) in [6.07, 6.45) is 5.41. The third-order valence-corrected chi connectivity index (χ3v) is 6.83. The number of carbonyl (C=O) groups is 2. The summed E-state index contributed by atoms with van der Waals surface area (Å²) in [5.74, 6) is 0.152. The molecule has 5 nitrogen and oxygen atoms in total. The summed E-state index contributed by atoms with van der Waals surface area (Å²) in [6, 6.07) is 13.6. The highest BCUT2D eigenvalue weighted by atomic mass is 35.5. The van der Waals surface area contributed by atoms with Crippen molar-refractivity contribution < 1.29 is 9.59 Å². The number of carbonyl (C=O) groups excluding carboxylic acids is 2. The fraction of sp³-hybridized carbons (Fsp3) is 0.385. The van der Waals surface area contributed by atoms with Crippen LogP contribution in [0.15, 0.2) is 48.7 Å². The minimum atomic E-state index is -0.0524. The Kier molecular flexibility index (Phi) is 7.61. The van der Waals surface area contributed by atoms with Crippen LogP contribution in [0.25, 0.3) is 10.9 Å². The lowest BCUT2D eigenvalue weighted by Crippen LogP contribution is -2.44. The zero-order valence-electron chi connectivity index (χ0n) is 18.8. The van der Waals surface area contributed by atoms with Gasteiger partial charge in [-0.2, -0.15) is 0 Å². The van der Waals surface area contributed by atoms with Crippen LogP contribution in [0.4, 0.5) is 0 Å². The summed E-state index contributed by atoms with van der Waals surface area (Å²) in [7, 11) is 0. The molecule has 4 rings (SSSR count). The predicted molar refractivity (Wildman–Crippen MR) is 133 cm³/mol. The van der Waals surface area contributed by atoms with Gasteiger partial charge in [0.2, 0.25) is 11.8 Å². The zero-order chi connectivity index (χ0) is 23.4. The van der Waals surface area contributed by atoms with E-state index in [1.165, 1.54) is 0 Å². The van der Waals surface area contributed by atoms with Crippen molar-refractivity contribution in [3.05, 3.63) is 69.8 Å². The molecule has 1 aliphatic rings. The average Bonchev–Trinajstić information content (AvgIpc) is 3.58. The summed E-state index contributed by atoms with van der Waals surface area (Å²) in [5.41, 5.74) is 3.16. The molecular weight excluding hydrogens is 457 g/mol. The van der Waals surface area contributed by atoms with Gasteiger partial charge in [-0.05, 0) is 55.0 Å². The predicted octanol–water partition coefficient (Wildman–Crippen LogP) is 5.69. The van der Waals surface area contributed by atoms with Crippen LogP contribution in [0.5, 0.6) is 0 Å². The number of halogens is 2. The number of nitrogens with zero attached hydrogens (tertiary/aromatic N) is 2. The molecule has 1 saturated carbocycles. The molecule has 0 unspecified atom stereocenters. The second kappa shape index (κ2) is 10.6. The number of aromatic nitrogens is 1. The minimum Gasteiger partial charge on any atom is -0.361 e. The Morgan fingerprint density at radius 1 is 1.03 bits per heavy atom. The van der Waals surface area contributed by atoms with Gasteiger partial charge < -0.3 is 14.8 Å². The number of rotatable bonds is 10. The van der Waals surface area contributed by atoms with Crippen LogP contribution in [-0.4, -0.2) is 46.2 Å². The Labute approximate surface area is 204 Å². The lowest BCUT2D eigenvalue weighted by atomic mass is 10.1. The number of H-pyrrole nitrogens is 1. The first kappa shape index (κ1) is 23.7. The maximum Gasteiger partial charge on any atom is 0.242 e. The fourth-order valence-electron chi connectivity index (χ4n) is 4.13. The van der Waals surface area contributed by atoms with E-state index in [-0.39, 0.29) is 24.3 Å². The molecule has 7 heteroatoms. The molecule has 0 aliphatic heterocycles. The molecule has 174 valence electrons. The smallest absolute Gasteiger partial charge is 0.242 e. The van der Waals surface area contributed by atoms with Crippen LogP contribution in [0.2, 0.25) is 10.0 Å². The SMILES string of the molecule is CCCN(CC(=O)N(CCc1c[nH]c2ccccc12)Cc1ccc(Cl)c(Cl)c1)C(=O)C1CC1. The zero-order valence-corrected chi connectivity index (χ0v) is 20.3. The molecule has 1 aromatic heterocycles. The first-order chi connectivity index (χ1) is 16.0. The third-order valence-electron chi connectivity index (χ3n) is 6.09. The van der Waals surface area contributed by atoms with Gasteiger partial charge in [-0.25, -0.2) is 0 Å². The summed E-state index contributed by atoms with van der Waals surface area (Å²) in [5, 5.41) is 2.12. The highest BCUT2D eigenvalue weighted by Gasteiger charge is 2.34. The van der Waals surface area contributed by atoms with Crippen LogP contribution in [0.3, 0.4) is 0 Å². The Hall–Kier alpha value is -2.50. The number of nitrogens with one attached hydrogen (secondary N) is 1. The lowest BCUT2D eigenvalue weighted by Gasteiger charge is -2.28. The second-order valence-corrected chi connectivity index (χ2v) is 9.52. The number of hydrogen-bond acceptors (Lipinski definition) is 2. The van der Waals surface area contributed by atoms with E-state index >= 15 is 0 Å². The molecule has 0 saturated heterocycles. The standard InChI is InChI=1S/C26H29Cl2N3O2/c1-2-12-31(26(33)19-8-9-19)17-25(32)30(16-18-7-10-22(27)23(28)14-18)13-11-20-15-29-24-6-4-3-5-21(20)24/h3-7,10,14-15,19,29H,2,8-9,11-13,16-17H2,1H3. The van der Waals surface area contributed by atoms with Gasteiger partial charge in [-0.1, -0.05) is 54.4 Å². The van der Waals surface area contributed by atoms with E-state index < -0.39 is 0 Å². The summed E-state index contributed by atoms with van der Waals surface area (Å²) >= 11 is 12.3. The van der Waals surface area contributed by atoms with E-state index in [9.17, 15) is 9.59 Å².